The van der Waals surface area contributed by atoms with Crippen LogP contribution in [0.15, 0.2) is 54.7 Å². The van der Waals surface area contributed by atoms with Gasteiger partial charge in [0, 0.05) is 12.7 Å². The van der Waals surface area contributed by atoms with E-state index in [1.54, 1.807) is 0 Å². The number of hydrogen-bond acceptors (Lipinski definition) is 2. The van der Waals surface area contributed by atoms with Crippen molar-refractivity contribution in [1.82, 2.24) is 9.38 Å². The topological polar surface area (TPSA) is 43.3 Å². The molecule has 0 amide bonds. The Morgan fingerprint density at radius 1 is 0.947 bits per heavy atom. The maximum atomic E-state index is 5.87. The van der Waals surface area contributed by atoms with E-state index in [1.807, 2.05) is 30.5 Å². The van der Waals surface area contributed by atoms with E-state index < -0.39 is 0 Å². The first kappa shape index (κ1) is 11.9. The molecule has 3 heteroatoms. The number of pyridine rings is 1. The third-order valence-electron chi connectivity index (χ3n) is 3.40. The predicted octanol–water partition coefficient (Wildman–Crippen LogP) is 2.58. The average Bonchev–Trinajstić information content (AvgIpc) is 2.83. The van der Waals surface area contributed by atoms with Crippen LogP contribution in [-0.2, 0) is 19.4 Å². The molecule has 0 unspecified atom stereocenters. The fourth-order valence-corrected chi connectivity index (χ4v) is 2.42. The smallest absolute Gasteiger partial charge is 0.137 e. The monoisotopic (exact) mass is 251 g/mol. The Morgan fingerprint density at radius 2 is 1.74 bits per heavy atom. The van der Waals surface area contributed by atoms with Gasteiger partial charge in [0.15, 0.2) is 0 Å². The van der Waals surface area contributed by atoms with Crippen molar-refractivity contribution in [1.29, 1.82) is 0 Å². The lowest BCUT2D eigenvalue weighted by atomic mass is 10.1. The number of imidazole rings is 1. The minimum Gasteiger partial charge on any atom is -0.325 e. The van der Waals surface area contributed by atoms with Gasteiger partial charge >= 0.3 is 0 Å². The Hall–Kier alpha value is -2.13. The van der Waals surface area contributed by atoms with Crippen LogP contribution in [-0.4, -0.2) is 9.38 Å². The molecule has 0 fully saturated rings. The van der Waals surface area contributed by atoms with Gasteiger partial charge in [-0.1, -0.05) is 36.4 Å². The summed E-state index contributed by atoms with van der Waals surface area (Å²) in [5.74, 6) is 0. The molecule has 96 valence electrons. The molecule has 0 radical (unpaired) electrons. The maximum Gasteiger partial charge on any atom is 0.137 e. The van der Waals surface area contributed by atoms with Crippen molar-refractivity contribution in [2.24, 2.45) is 5.73 Å². The van der Waals surface area contributed by atoms with E-state index in [4.69, 9.17) is 5.73 Å². The fourth-order valence-electron chi connectivity index (χ4n) is 2.42. The first-order valence-electron chi connectivity index (χ1n) is 6.57. The molecule has 0 aliphatic rings. The van der Waals surface area contributed by atoms with Crippen LogP contribution in [0, 0.1) is 0 Å². The van der Waals surface area contributed by atoms with E-state index in [0.29, 0.717) is 6.54 Å². The summed E-state index contributed by atoms with van der Waals surface area (Å²) >= 11 is 0. The molecule has 0 aliphatic carbocycles. The molecule has 0 bridgehead atoms. The molecule has 3 rings (SSSR count). The molecule has 0 saturated carbocycles. The Kier molecular flexibility index (Phi) is 3.29. The molecule has 0 spiro atoms. The van der Waals surface area contributed by atoms with Crippen LogP contribution < -0.4 is 5.73 Å². The van der Waals surface area contributed by atoms with Gasteiger partial charge in [0.1, 0.15) is 5.65 Å². The van der Waals surface area contributed by atoms with E-state index in [1.165, 1.54) is 5.56 Å². The summed E-state index contributed by atoms with van der Waals surface area (Å²) in [6.45, 7) is 0.523. The van der Waals surface area contributed by atoms with Crippen molar-refractivity contribution in [3.05, 3.63) is 71.7 Å². The van der Waals surface area contributed by atoms with Crippen molar-refractivity contribution >= 4 is 5.65 Å². The Bertz CT molecular complexity index is 671. The molecule has 3 nitrogen and oxygen atoms in total. The summed E-state index contributed by atoms with van der Waals surface area (Å²) in [5, 5.41) is 0. The fraction of sp³-hybridized carbons (Fsp3) is 0.188. The summed E-state index contributed by atoms with van der Waals surface area (Å²) in [6.07, 6.45) is 3.95. The quantitative estimate of drug-likeness (QED) is 0.774. The lowest BCUT2D eigenvalue weighted by Crippen LogP contribution is -2.05. The van der Waals surface area contributed by atoms with Gasteiger partial charge in [-0.05, 0) is 30.5 Å². The van der Waals surface area contributed by atoms with Gasteiger partial charge in [0.05, 0.1) is 11.4 Å². The second kappa shape index (κ2) is 5.24. The summed E-state index contributed by atoms with van der Waals surface area (Å²) < 4.78 is 2.08. The van der Waals surface area contributed by atoms with Crippen molar-refractivity contribution in [2.75, 3.05) is 0 Å². The third kappa shape index (κ3) is 2.37. The zero-order valence-electron chi connectivity index (χ0n) is 10.8. The lowest BCUT2D eigenvalue weighted by Gasteiger charge is -2.02. The van der Waals surface area contributed by atoms with E-state index in [2.05, 4.69) is 33.7 Å². The van der Waals surface area contributed by atoms with Gasteiger partial charge in [-0.15, -0.1) is 0 Å². The van der Waals surface area contributed by atoms with Gasteiger partial charge in [-0.2, -0.15) is 0 Å². The molecule has 2 N–H and O–H groups in total. The number of benzene rings is 1. The van der Waals surface area contributed by atoms with Crippen LogP contribution in [0.4, 0.5) is 0 Å². The number of aryl methyl sites for hydroxylation is 2. The molecule has 19 heavy (non-hydrogen) atoms. The van der Waals surface area contributed by atoms with Gasteiger partial charge in [0.25, 0.3) is 0 Å². The molecule has 0 saturated heterocycles. The molecular formula is C16H17N3. The van der Waals surface area contributed by atoms with E-state index in [9.17, 15) is 0 Å². The van der Waals surface area contributed by atoms with Crippen molar-refractivity contribution in [2.45, 2.75) is 19.4 Å². The van der Waals surface area contributed by atoms with Crippen molar-refractivity contribution in [3.8, 4) is 0 Å². The van der Waals surface area contributed by atoms with Gasteiger partial charge < -0.3 is 10.1 Å². The standard InChI is InChI=1S/C16H17N3/c17-12-15-14(10-9-13-6-2-1-3-7-13)18-16-8-4-5-11-19(15)16/h1-8,11H,9-10,12,17H2. The first-order valence-corrected chi connectivity index (χ1v) is 6.57. The second-order valence-corrected chi connectivity index (χ2v) is 4.62. The lowest BCUT2D eigenvalue weighted by molar-refractivity contribution is 0.870. The zero-order valence-corrected chi connectivity index (χ0v) is 10.8. The van der Waals surface area contributed by atoms with E-state index in [0.717, 1.165) is 29.9 Å². The van der Waals surface area contributed by atoms with Gasteiger partial charge in [-0.25, -0.2) is 4.98 Å². The minimum atomic E-state index is 0.523. The van der Waals surface area contributed by atoms with E-state index in [-0.39, 0.29) is 0 Å². The number of fused-ring (bicyclic) bond motifs is 1. The van der Waals surface area contributed by atoms with Crippen LogP contribution in [0.5, 0.6) is 0 Å². The molecular weight excluding hydrogens is 234 g/mol. The van der Waals surface area contributed by atoms with E-state index >= 15 is 0 Å². The Labute approximate surface area is 112 Å². The third-order valence-corrected chi connectivity index (χ3v) is 3.40. The number of rotatable bonds is 4. The van der Waals surface area contributed by atoms with Crippen molar-refractivity contribution in [3.63, 3.8) is 0 Å². The maximum absolute atomic E-state index is 5.87. The minimum absolute atomic E-state index is 0.523. The highest BCUT2D eigenvalue weighted by Crippen LogP contribution is 2.14. The number of hydrogen-bond donors (Lipinski definition) is 1. The SMILES string of the molecule is NCc1c(CCc2ccccc2)nc2ccccn12. The molecule has 0 atom stereocenters. The number of nitrogens with zero attached hydrogens (tertiary/aromatic N) is 2. The van der Waals surface area contributed by atoms with Crippen LogP contribution in [0.25, 0.3) is 5.65 Å². The van der Waals surface area contributed by atoms with Crippen LogP contribution in [0.1, 0.15) is 17.0 Å². The largest absolute Gasteiger partial charge is 0.325 e. The Morgan fingerprint density at radius 3 is 2.53 bits per heavy atom. The highest BCUT2D eigenvalue weighted by atomic mass is 15.0. The highest BCUT2D eigenvalue weighted by Gasteiger charge is 2.09. The second-order valence-electron chi connectivity index (χ2n) is 4.62. The van der Waals surface area contributed by atoms with Crippen LogP contribution in [0.3, 0.4) is 0 Å². The van der Waals surface area contributed by atoms with Crippen molar-refractivity contribution < 1.29 is 0 Å². The number of aromatic nitrogens is 2. The predicted molar refractivity (Wildman–Crippen MR) is 76.9 cm³/mol. The summed E-state index contributed by atoms with van der Waals surface area (Å²) in [7, 11) is 0. The van der Waals surface area contributed by atoms with Gasteiger partial charge in [-0.3, -0.25) is 0 Å². The summed E-state index contributed by atoms with van der Waals surface area (Å²) in [6, 6.07) is 16.5. The Balaban J connectivity index is 1.88. The van der Waals surface area contributed by atoms with Gasteiger partial charge in [0.2, 0.25) is 0 Å². The molecule has 2 aromatic heterocycles. The summed E-state index contributed by atoms with van der Waals surface area (Å²) in [4.78, 5) is 4.68. The summed E-state index contributed by atoms with van der Waals surface area (Å²) in [5.41, 5.74) is 10.4. The zero-order chi connectivity index (χ0) is 13.1. The average molecular weight is 251 g/mol. The molecule has 3 aromatic rings. The molecule has 1 aromatic carbocycles. The molecule has 0 aliphatic heterocycles. The number of nitrogens with two attached hydrogens (primary N) is 1. The highest BCUT2D eigenvalue weighted by molar-refractivity contribution is 5.43. The van der Waals surface area contributed by atoms with Crippen LogP contribution in [0.2, 0.25) is 0 Å². The van der Waals surface area contributed by atoms with Crippen LogP contribution >= 0.6 is 0 Å². The first-order chi connectivity index (χ1) is 9.38. The molecule has 2 heterocycles. The normalized spacial score (nSPS) is 11.0.